The summed E-state index contributed by atoms with van der Waals surface area (Å²) >= 11 is 0. The van der Waals surface area contributed by atoms with E-state index in [2.05, 4.69) is 0 Å². The maximum Gasteiger partial charge on any atom is 0.269 e. The van der Waals surface area contributed by atoms with Crippen molar-refractivity contribution in [2.75, 3.05) is 0 Å². The fourth-order valence-corrected chi connectivity index (χ4v) is 2.40. The zero-order valence-electron chi connectivity index (χ0n) is 9.91. The van der Waals surface area contributed by atoms with Crippen LogP contribution in [0.1, 0.15) is 37.4 Å². The fraction of sp³-hybridized carbons (Fsp3) is 0.462. The molecule has 0 amide bonds. The molecular weight excluding hydrogens is 234 g/mol. The second kappa shape index (κ2) is 5.27. The molecule has 0 heterocycles. The molecule has 5 nitrogen and oxygen atoms in total. The first-order valence-electron chi connectivity index (χ1n) is 6.04. The van der Waals surface area contributed by atoms with Gasteiger partial charge in [-0.25, -0.2) is 0 Å². The van der Waals surface area contributed by atoms with Gasteiger partial charge in [-0.05, 0) is 18.4 Å². The van der Waals surface area contributed by atoms with Crippen LogP contribution in [0.2, 0.25) is 0 Å². The Kier molecular flexibility index (Phi) is 3.72. The lowest BCUT2D eigenvalue weighted by Crippen LogP contribution is -2.25. The molecule has 0 aliphatic heterocycles. The standard InChI is InChI=1S/C13H15NO4/c15-12-7-2-1-6-11(12)13(16)9-4-3-5-10(8-9)14(17)18/h3-5,8,11,13,16H,1-2,6-7H2/t11-,13+/m0/s1. The van der Waals surface area contributed by atoms with Crippen LogP contribution in [0.25, 0.3) is 0 Å². The van der Waals surface area contributed by atoms with Crippen molar-refractivity contribution in [3.05, 3.63) is 39.9 Å². The molecule has 1 aliphatic rings. The van der Waals surface area contributed by atoms with E-state index in [1.54, 1.807) is 6.07 Å². The first-order chi connectivity index (χ1) is 8.59. The molecule has 1 aliphatic carbocycles. The van der Waals surface area contributed by atoms with Crippen molar-refractivity contribution in [2.45, 2.75) is 31.8 Å². The van der Waals surface area contributed by atoms with Gasteiger partial charge in [0.15, 0.2) is 0 Å². The van der Waals surface area contributed by atoms with Gasteiger partial charge in [-0.3, -0.25) is 14.9 Å². The van der Waals surface area contributed by atoms with Gasteiger partial charge >= 0.3 is 0 Å². The van der Waals surface area contributed by atoms with Crippen molar-refractivity contribution in [1.82, 2.24) is 0 Å². The van der Waals surface area contributed by atoms with E-state index in [1.165, 1.54) is 18.2 Å². The summed E-state index contributed by atoms with van der Waals surface area (Å²) < 4.78 is 0. The number of rotatable bonds is 3. The summed E-state index contributed by atoms with van der Waals surface area (Å²) in [6, 6.07) is 5.87. The Balaban J connectivity index is 2.22. The van der Waals surface area contributed by atoms with Crippen molar-refractivity contribution in [3.8, 4) is 0 Å². The number of Topliss-reactive ketones (excluding diaryl/α,β-unsaturated/α-hetero) is 1. The van der Waals surface area contributed by atoms with Crippen molar-refractivity contribution in [2.24, 2.45) is 5.92 Å². The largest absolute Gasteiger partial charge is 0.388 e. The summed E-state index contributed by atoms with van der Waals surface area (Å²) in [5.74, 6) is -0.360. The molecule has 1 saturated carbocycles. The van der Waals surface area contributed by atoms with Gasteiger partial charge in [0.05, 0.1) is 11.0 Å². The molecule has 96 valence electrons. The SMILES string of the molecule is O=C1CCCC[C@@H]1[C@H](O)c1cccc([N+](=O)[O-])c1. The normalized spacial score (nSPS) is 21.6. The number of nitrogens with zero attached hydrogens (tertiary/aromatic N) is 1. The first-order valence-corrected chi connectivity index (χ1v) is 6.04. The van der Waals surface area contributed by atoms with Gasteiger partial charge < -0.3 is 5.11 Å². The lowest BCUT2D eigenvalue weighted by molar-refractivity contribution is -0.385. The van der Waals surface area contributed by atoms with E-state index in [4.69, 9.17) is 0 Å². The molecular formula is C13H15NO4. The molecule has 0 aromatic heterocycles. The van der Waals surface area contributed by atoms with Crippen LogP contribution in [-0.4, -0.2) is 15.8 Å². The number of nitro benzene ring substituents is 1. The number of carbonyl (C=O) groups excluding carboxylic acids is 1. The highest BCUT2D eigenvalue weighted by Gasteiger charge is 2.30. The Morgan fingerprint density at radius 3 is 2.83 bits per heavy atom. The number of non-ortho nitro benzene ring substituents is 1. The number of carbonyl (C=O) groups is 1. The second-order valence-electron chi connectivity index (χ2n) is 4.62. The van der Waals surface area contributed by atoms with Gasteiger partial charge in [-0.15, -0.1) is 0 Å². The Bertz CT molecular complexity index is 472. The van der Waals surface area contributed by atoms with Crippen LogP contribution >= 0.6 is 0 Å². The van der Waals surface area contributed by atoms with Crippen molar-refractivity contribution in [3.63, 3.8) is 0 Å². The van der Waals surface area contributed by atoms with E-state index in [-0.39, 0.29) is 11.5 Å². The minimum absolute atomic E-state index is 0.0558. The molecule has 1 fully saturated rings. The predicted octanol–water partition coefficient (Wildman–Crippen LogP) is 2.39. The van der Waals surface area contributed by atoms with Gasteiger partial charge in [0, 0.05) is 24.5 Å². The van der Waals surface area contributed by atoms with E-state index in [1.807, 2.05) is 0 Å². The minimum atomic E-state index is -0.933. The van der Waals surface area contributed by atoms with Crippen molar-refractivity contribution in [1.29, 1.82) is 0 Å². The summed E-state index contributed by atoms with van der Waals surface area (Å²) in [4.78, 5) is 21.9. The number of hydrogen-bond acceptors (Lipinski definition) is 4. The van der Waals surface area contributed by atoms with E-state index in [0.29, 0.717) is 18.4 Å². The number of hydrogen-bond donors (Lipinski definition) is 1. The minimum Gasteiger partial charge on any atom is -0.388 e. The highest BCUT2D eigenvalue weighted by Crippen LogP contribution is 2.33. The summed E-state index contributed by atoms with van der Waals surface area (Å²) in [7, 11) is 0. The molecule has 0 saturated heterocycles. The van der Waals surface area contributed by atoms with Crippen LogP contribution in [0, 0.1) is 16.0 Å². The first kappa shape index (κ1) is 12.7. The third-order valence-corrected chi connectivity index (χ3v) is 3.41. The van der Waals surface area contributed by atoms with Gasteiger partial charge in [0.2, 0.25) is 0 Å². The summed E-state index contributed by atoms with van der Waals surface area (Å²) in [5, 5.41) is 20.9. The Morgan fingerprint density at radius 1 is 1.39 bits per heavy atom. The molecule has 0 bridgehead atoms. The van der Waals surface area contributed by atoms with Crippen LogP contribution in [-0.2, 0) is 4.79 Å². The molecule has 1 aromatic carbocycles. The monoisotopic (exact) mass is 249 g/mol. The van der Waals surface area contributed by atoms with Gasteiger partial charge in [-0.2, -0.15) is 0 Å². The molecule has 1 N–H and O–H groups in total. The Hall–Kier alpha value is -1.75. The number of benzene rings is 1. The second-order valence-corrected chi connectivity index (χ2v) is 4.62. The Labute approximate surface area is 105 Å². The van der Waals surface area contributed by atoms with E-state index >= 15 is 0 Å². The molecule has 2 rings (SSSR count). The van der Waals surface area contributed by atoms with E-state index < -0.39 is 16.9 Å². The molecule has 0 unspecified atom stereocenters. The summed E-state index contributed by atoms with van der Waals surface area (Å²) in [5.41, 5.74) is 0.388. The quantitative estimate of drug-likeness (QED) is 0.658. The smallest absolute Gasteiger partial charge is 0.269 e. The zero-order valence-corrected chi connectivity index (χ0v) is 9.91. The maximum atomic E-state index is 11.7. The van der Waals surface area contributed by atoms with Crippen LogP contribution in [0.5, 0.6) is 0 Å². The summed E-state index contributed by atoms with van der Waals surface area (Å²) in [6.07, 6.45) is 2.01. The van der Waals surface area contributed by atoms with Crippen molar-refractivity contribution >= 4 is 11.5 Å². The molecule has 18 heavy (non-hydrogen) atoms. The topological polar surface area (TPSA) is 80.4 Å². The van der Waals surface area contributed by atoms with Crippen LogP contribution in [0.4, 0.5) is 5.69 Å². The van der Waals surface area contributed by atoms with Crippen molar-refractivity contribution < 1.29 is 14.8 Å². The fourth-order valence-electron chi connectivity index (χ4n) is 2.40. The predicted molar refractivity (Wildman–Crippen MR) is 65.0 cm³/mol. The third-order valence-electron chi connectivity index (χ3n) is 3.41. The van der Waals surface area contributed by atoms with Gasteiger partial charge in [0.1, 0.15) is 5.78 Å². The summed E-state index contributed by atoms with van der Waals surface area (Å²) in [6.45, 7) is 0. The highest BCUT2D eigenvalue weighted by atomic mass is 16.6. The van der Waals surface area contributed by atoms with E-state index in [0.717, 1.165) is 12.8 Å². The van der Waals surface area contributed by atoms with Gasteiger partial charge in [-0.1, -0.05) is 18.6 Å². The molecule has 5 heteroatoms. The van der Waals surface area contributed by atoms with Crippen LogP contribution in [0.15, 0.2) is 24.3 Å². The van der Waals surface area contributed by atoms with Crippen LogP contribution in [0.3, 0.4) is 0 Å². The number of aliphatic hydroxyl groups is 1. The average Bonchev–Trinajstić information content (AvgIpc) is 2.38. The van der Waals surface area contributed by atoms with Gasteiger partial charge in [0.25, 0.3) is 5.69 Å². The Morgan fingerprint density at radius 2 is 2.17 bits per heavy atom. The molecule has 0 radical (unpaired) electrons. The number of nitro groups is 1. The lowest BCUT2D eigenvalue weighted by Gasteiger charge is -2.25. The maximum absolute atomic E-state index is 11.7. The molecule has 1 aromatic rings. The average molecular weight is 249 g/mol. The zero-order chi connectivity index (χ0) is 13.1. The number of ketones is 1. The third kappa shape index (κ3) is 2.56. The highest BCUT2D eigenvalue weighted by molar-refractivity contribution is 5.82. The van der Waals surface area contributed by atoms with E-state index in [9.17, 15) is 20.0 Å². The molecule has 2 atom stereocenters. The molecule has 0 spiro atoms. The van der Waals surface area contributed by atoms with Crippen LogP contribution < -0.4 is 0 Å². The lowest BCUT2D eigenvalue weighted by atomic mass is 9.81. The number of aliphatic hydroxyl groups excluding tert-OH is 1.